The van der Waals surface area contributed by atoms with Crippen molar-refractivity contribution in [3.05, 3.63) is 66.0 Å². The summed E-state index contributed by atoms with van der Waals surface area (Å²) in [6, 6.07) is 15.6. The highest BCUT2D eigenvalue weighted by atomic mass is 32.2. The number of carbonyl (C=O) groups excluding carboxylic acids is 1. The fourth-order valence-corrected chi connectivity index (χ4v) is 3.94. The van der Waals surface area contributed by atoms with Crippen LogP contribution in [0, 0.1) is 6.92 Å². The highest BCUT2D eigenvalue weighted by Crippen LogP contribution is 2.37. The van der Waals surface area contributed by atoms with Gasteiger partial charge < -0.3 is 14.6 Å². The van der Waals surface area contributed by atoms with Gasteiger partial charge in [-0.1, -0.05) is 48.2 Å². The van der Waals surface area contributed by atoms with Gasteiger partial charge in [-0.2, -0.15) is 0 Å². The fourth-order valence-electron chi connectivity index (χ4n) is 2.79. The van der Waals surface area contributed by atoms with E-state index in [0.29, 0.717) is 16.6 Å². The number of aryl methyl sites for hydroxylation is 1. The molecule has 1 N–H and O–H groups in total. The zero-order valence-electron chi connectivity index (χ0n) is 16.4. The predicted molar refractivity (Wildman–Crippen MR) is 112 cm³/mol. The summed E-state index contributed by atoms with van der Waals surface area (Å²) in [7, 11) is 1.59. The molecule has 1 atom stereocenters. The summed E-state index contributed by atoms with van der Waals surface area (Å²) in [5.74, 6) is 0.486. The summed E-state index contributed by atoms with van der Waals surface area (Å²) < 4.78 is 7.35. The Morgan fingerprint density at radius 2 is 1.93 bits per heavy atom. The molecule has 0 unspecified atom stereocenters. The molecule has 3 aromatic rings. The van der Waals surface area contributed by atoms with E-state index in [4.69, 9.17) is 4.74 Å². The van der Waals surface area contributed by atoms with Crippen molar-refractivity contribution in [2.45, 2.75) is 37.2 Å². The SMILES string of the molecule is COc1ccc(C)cc1NC(=O)[C@@H](Sc1nncn1C(C)C)c1ccccc1. The predicted octanol–water partition coefficient (Wildman–Crippen LogP) is 4.65. The van der Waals surface area contributed by atoms with Crippen molar-refractivity contribution in [1.82, 2.24) is 14.8 Å². The van der Waals surface area contributed by atoms with Gasteiger partial charge in [-0.25, -0.2) is 0 Å². The minimum absolute atomic E-state index is 0.140. The minimum atomic E-state index is -0.479. The number of methoxy groups -OCH3 is 1. The Hall–Kier alpha value is -2.80. The molecule has 0 fully saturated rings. The van der Waals surface area contributed by atoms with Crippen LogP contribution in [0.2, 0.25) is 0 Å². The van der Waals surface area contributed by atoms with Gasteiger partial charge >= 0.3 is 0 Å². The number of hydrogen-bond donors (Lipinski definition) is 1. The molecule has 28 heavy (non-hydrogen) atoms. The number of nitrogens with zero attached hydrogens (tertiary/aromatic N) is 3. The minimum Gasteiger partial charge on any atom is -0.495 e. The maximum Gasteiger partial charge on any atom is 0.242 e. The van der Waals surface area contributed by atoms with Crippen LogP contribution in [0.4, 0.5) is 5.69 Å². The van der Waals surface area contributed by atoms with Crippen molar-refractivity contribution in [2.24, 2.45) is 0 Å². The molecule has 0 saturated heterocycles. The van der Waals surface area contributed by atoms with Gasteiger partial charge in [0.05, 0.1) is 12.8 Å². The topological polar surface area (TPSA) is 69.0 Å². The van der Waals surface area contributed by atoms with E-state index in [1.807, 2.05) is 60.0 Å². The summed E-state index contributed by atoms with van der Waals surface area (Å²) >= 11 is 1.38. The van der Waals surface area contributed by atoms with Gasteiger partial charge in [-0.3, -0.25) is 4.79 Å². The van der Waals surface area contributed by atoms with E-state index in [0.717, 1.165) is 11.1 Å². The first-order chi connectivity index (χ1) is 13.5. The largest absolute Gasteiger partial charge is 0.495 e. The number of thioether (sulfide) groups is 1. The third-order valence-corrected chi connectivity index (χ3v) is 5.50. The van der Waals surface area contributed by atoms with E-state index in [9.17, 15) is 4.79 Å². The Balaban J connectivity index is 1.92. The molecule has 2 aromatic carbocycles. The van der Waals surface area contributed by atoms with Crippen molar-refractivity contribution in [3.8, 4) is 5.75 Å². The molecule has 0 aliphatic heterocycles. The van der Waals surface area contributed by atoms with Crippen LogP contribution in [0.5, 0.6) is 5.75 Å². The Bertz CT molecular complexity index is 941. The molecule has 0 spiro atoms. The van der Waals surface area contributed by atoms with Gasteiger partial charge in [-0.05, 0) is 44.0 Å². The van der Waals surface area contributed by atoms with Gasteiger partial charge in [0.25, 0.3) is 0 Å². The lowest BCUT2D eigenvalue weighted by molar-refractivity contribution is -0.115. The number of benzene rings is 2. The molecule has 1 heterocycles. The van der Waals surface area contributed by atoms with Crippen LogP contribution in [0.1, 0.15) is 36.3 Å². The number of carbonyl (C=O) groups is 1. The highest BCUT2D eigenvalue weighted by molar-refractivity contribution is 8.00. The normalized spacial score (nSPS) is 12.0. The summed E-state index contributed by atoms with van der Waals surface area (Å²) in [6.07, 6.45) is 1.69. The van der Waals surface area contributed by atoms with Gasteiger partial charge in [0, 0.05) is 6.04 Å². The Kier molecular flexibility index (Phi) is 6.36. The van der Waals surface area contributed by atoms with Crippen molar-refractivity contribution in [3.63, 3.8) is 0 Å². The maximum atomic E-state index is 13.3. The van der Waals surface area contributed by atoms with Gasteiger partial charge in [-0.15, -0.1) is 10.2 Å². The lowest BCUT2D eigenvalue weighted by Gasteiger charge is -2.19. The van der Waals surface area contributed by atoms with E-state index in [1.165, 1.54) is 11.8 Å². The van der Waals surface area contributed by atoms with Crippen molar-refractivity contribution >= 4 is 23.4 Å². The number of rotatable bonds is 7. The molecule has 0 radical (unpaired) electrons. The third-order valence-electron chi connectivity index (χ3n) is 4.27. The molecule has 0 bridgehead atoms. The van der Waals surface area contributed by atoms with E-state index >= 15 is 0 Å². The Morgan fingerprint density at radius 3 is 2.61 bits per heavy atom. The first-order valence-corrected chi connectivity index (χ1v) is 9.94. The second kappa shape index (κ2) is 8.93. The Morgan fingerprint density at radius 1 is 1.18 bits per heavy atom. The van der Waals surface area contributed by atoms with Crippen LogP contribution < -0.4 is 10.1 Å². The van der Waals surface area contributed by atoms with Crippen molar-refractivity contribution < 1.29 is 9.53 Å². The quantitative estimate of drug-likeness (QED) is 0.589. The average Bonchev–Trinajstić information content (AvgIpc) is 3.15. The van der Waals surface area contributed by atoms with Crippen LogP contribution in [0.3, 0.4) is 0 Å². The maximum absolute atomic E-state index is 13.3. The molecule has 1 aromatic heterocycles. The number of hydrogen-bond acceptors (Lipinski definition) is 5. The smallest absolute Gasteiger partial charge is 0.242 e. The van der Waals surface area contributed by atoms with Crippen LogP contribution in [-0.2, 0) is 4.79 Å². The van der Waals surface area contributed by atoms with Crippen LogP contribution in [0.25, 0.3) is 0 Å². The molecular formula is C21H24N4O2S. The average molecular weight is 397 g/mol. The monoisotopic (exact) mass is 396 g/mol. The van der Waals surface area contributed by atoms with E-state index < -0.39 is 5.25 Å². The molecule has 0 aliphatic rings. The van der Waals surface area contributed by atoms with E-state index in [-0.39, 0.29) is 11.9 Å². The standard InChI is InChI=1S/C21H24N4O2S/c1-14(2)25-13-22-24-21(25)28-19(16-8-6-5-7-9-16)20(26)23-17-12-15(3)10-11-18(17)27-4/h5-14,19H,1-4H3,(H,23,26)/t19-/m0/s1. The zero-order valence-corrected chi connectivity index (χ0v) is 17.2. The fraction of sp³-hybridized carbons (Fsp3) is 0.286. The molecule has 146 valence electrons. The second-order valence-electron chi connectivity index (χ2n) is 6.72. The highest BCUT2D eigenvalue weighted by Gasteiger charge is 2.26. The number of aromatic nitrogens is 3. The number of ether oxygens (including phenoxy) is 1. The molecule has 1 amide bonds. The number of nitrogens with one attached hydrogen (secondary N) is 1. The zero-order chi connectivity index (χ0) is 20.1. The molecule has 7 heteroatoms. The van der Waals surface area contributed by atoms with E-state index in [1.54, 1.807) is 13.4 Å². The molecular weight excluding hydrogens is 372 g/mol. The molecule has 3 rings (SSSR count). The first kappa shape index (κ1) is 19.9. The van der Waals surface area contributed by atoms with Crippen LogP contribution in [0.15, 0.2) is 60.0 Å². The van der Waals surface area contributed by atoms with E-state index in [2.05, 4.69) is 29.4 Å². The summed E-state index contributed by atoms with van der Waals surface area (Å²) in [4.78, 5) is 13.3. The van der Waals surface area contributed by atoms with Gasteiger partial charge in [0.15, 0.2) is 5.16 Å². The second-order valence-corrected chi connectivity index (χ2v) is 7.79. The van der Waals surface area contributed by atoms with Crippen molar-refractivity contribution in [1.29, 1.82) is 0 Å². The molecule has 0 aliphatic carbocycles. The van der Waals surface area contributed by atoms with Gasteiger partial charge in [0.2, 0.25) is 5.91 Å². The van der Waals surface area contributed by atoms with Crippen LogP contribution in [-0.4, -0.2) is 27.8 Å². The number of amides is 1. The van der Waals surface area contributed by atoms with Crippen molar-refractivity contribution in [2.75, 3.05) is 12.4 Å². The third kappa shape index (κ3) is 4.54. The summed E-state index contributed by atoms with van der Waals surface area (Å²) in [6.45, 7) is 6.09. The number of anilines is 1. The molecule has 0 saturated carbocycles. The summed E-state index contributed by atoms with van der Waals surface area (Å²) in [5, 5.41) is 11.5. The lowest BCUT2D eigenvalue weighted by atomic mass is 10.1. The van der Waals surface area contributed by atoms with Gasteiger partial charge in [0.1, 0.15) is 17.3 Å². The molecule has 6 nitrogen and oxygen atoms in total. The van der Waals surface area contributed by atoms with Crippen LogP contribution >= 0.6 is 11.8 Å². The first-order valence-electron chi connectivity index (χ1n) is 9.06. The Labute approximate surface area is 169 Å². The summed E-state index contributed by atoms with van der Waals surface area (Å²) in [5.41, 5.74) is 2.59. The lowest BCUT2D eigenvalue weighted by Crippen LogP contribution is -2.20.